The number of ether oxygens (including phenoxy) is 1. The number of aliphatic hydroxyl groups excluding tert-OH is 1. The smallest absolute Gasteiger partial charge is 0.303 e. The maximum absolute atomic E-state index is 10.4. The van der Waals surface area contributed by atoms with Gasteiger partial charge in [0.15, 0.2) is 0 Å². The van der Waals surface area contributed by atoms with Crippen molar-refractivity contribution in [1.29, 1.82) is 0 Å². The lowest BCUT2D eigenvalue weighted by atomic mass is 10.1. The van der Waals surface area contributed by atoms with Crippen molar-refractivity contribution in [2.45, 2.75) is 95.9 Å². The Labute approximate surface area is 134 Å². The Hall–Kier alpha value is -0.870. The molecule has 4 heteroatoms. The van der Waals surface area contributed by atoms with Crippen LogP contribution in [0.4, 0.5) is 0 Å². The minimum atomic E-state index is -0.809. The number of epoxide rings is 1. The first-order valence-corrected chi connectivity index (χ1v) is 8.87. The molecule has 3 atom stereocenters. The summed E-state index contributed by atoms with van der Waals surface area (Å²) in [5.74, 6) is -0.809. The maximum atomic E-state index is 10.4. The fourth-order valence-electron chi connectivity index (χ4n) is 2.66. The Morgan fingerprint density at radius 2 is 1.82 bits per heavy atom. The number of carboxylic acid groups (broad SMARTS) is 1. The van der Waals surface area contributed by atoms with Gasteiger partial charge in [-0.05, 0) is 19.3 Å². The molecule has 1 heterocycles. The van der Waals surface area contributed by atoms with Crippen molar-refractivity contribution in [3.8, 4) is 0 Å². The van der Waals surface area contributed by atoms with Crippen LogP contribution in [0.1, 0.15) is 77.6 Å². The minimum Gasteiger partial charge on any atom is -0.481 e. The monoisotopic (exact) mass is 312 g/mol. The van der Waals surface area contributed by atoms with Gasteiger partial charge in [0, 0.05) is 6.42 Å². The molecule has 1 fully saturated rings. The summed E-state index contributed by atoms with van der Waals surface area (Å²) in [6, 6.07) is 0. The first-order valence-electron chi connectivity index (χ1n) is 8.87. The van der Waals surface area contributed by atoms with E-state index in [1.165, 1.54) is 44.9 Å². The maximum Gasteiger partial charge on any atom is 0.303 e. The number of hydrogen-bond donors (Lipinski definition) is 2. The number of carboxylic acids is 1. The van der Waals surface area contributed by atoms with Crippen molar-refractivity contribution in [2.75, 3.05) is 0 Å². The van der Waals surface area contributed by atoms with E-state index in [0.717, 1.165) is 6.42 Å². The van der Waals surface area contributed by atoms with Crippen LogP contribution < -0.4 is 0 Å². The molecule has 0 spiro atoms. The summed E-state index contributed by atoms with van der Waals surface area (Å²) in [5, 5.41) is 18.2. The third kappa shape index (κ3) is 9.96. The molecule has 0 amide bonds. The average molecular weight is 312 g/mol. The van der Waals surface area contributed by atoms with Gasteiger partial charge in [0.1, 0.15) is 6.10 Å². The van der Waals surface area contributed by atoms with E-state index >= 15 is 0 Å². The van der Waals surface area contributed by atoms with Crippen molar-refractivity contribution in [2.24, 2.45) is 0 Å². The number of carbonyl (C=O) groups is 1. The third-order valence-corrected chi connectivity index (χ3v) is 4.13. The molecule has 0 saturated carbocycles. The molecule has 128 valence electrons. The minimum absolute atomic E-state index is 0.117. The molecule has 22 heavy (non-hydrogen) atoms. The summed E-state index contributed by atoms with van der Waals surface area (Å²) in [7, 11) is 0. The number of unbranched alkanes of at least 4 members (excludes halogenated alkanes) is 6. The Balaban J connectivity index is 1.94. The van der Waals surface area contributed by atoms with Crippen molar-refractivity contribution < 1.29 is 19.7 Å². The Bertz CT molecular complexity index is 327. The predicted molar refractivity (Wildman–Crippen MR) is 87.9 cm³/mol. The molecule has 0 aromatic heterocycles. The van der Waals surface area contributed by atoms with Gasteiger partial charge < -0.3 is 14.9 Å². The molecule has 4 nitrogen and oxygen atoms in total. The van der Waals surface area contributed by atoms with Gasteiger partial charge in [0.05, 0.1) is 12.2 Å². The first-order chi connectivity index (χ1) is 10.6. The van der Waals surface area contributed by atoms with E-state index in [0.29, 0.717) is 18.9 Å². The van der Waals surface area contributed by atoms with Crippen LogP contribution in [-0.2, 0) is 9.53 Å². The van der Waals surface area contributed by atoms with E-state index in [-0.39, 0.29) is 12.5 Å². The average Bonchev–Trinajstić information content (AvgIpc) is 3.22. The van der Waals surface area contributed by atoms with Gasteiger partial charge in [-0.2, -0.15) is 0 Å². The standard InChI is InChI=1S/C18H32O4/c1-2-3-4-5-6-7-8-11-16-17(22-16)14-13-15(19)10-9-12-18(20)21/h13-17,19H,2-12H2,1H3,(H,20,21)/b14-13+. The quantitative estimate of drug-likeness (QED) is 0.288. The molecule has 1 rings (SSSR count). The van der Waals surface area contributed by atoms with E-state index < -0.39 is 12.1 Å². The molecular formula is C18H32O4. The highest BCUT2D eigenvalue weighted by Gasteiger charge is 2.35. The molecule has 3 unspecified atom stereocenters. The van der Waals surface area contributed by atoms with Gasteiger partial charge in [0.2, 0.25) is 0 Å². The topological polar surface area (TPSA) is 70.1 Å². The van der Waals surface area contributed by atoms with Gasteiger partial charge in [-0.1, -0.05) is 64.0 Å². The number of aliphatic carboxylic acids is 1. The highest BCUT2D eigenvalue weighted by atomic mass is 16.6. The molecule has 1 saturated heterocycles. The molecule has 1 aliphatic heterocycles. The molecule has 0 aliphatic carbocycles. The van der Waals surface area contributed by atoms with Crippen molar-refractivity contribution in [3.63, 3.8) is 0 Å². The lowest BCUT2D eigenvalue weighted by molar-refractivity contribution is -0.137. The molecule has 0 aromatic rings. The third-order valence-electron chi connectivity index (χ3n) is 4.13. The van der Waals surface area contributed by atoms with E-state index in [1.54, 1.807) is 6.08 Å². The summed E-state index contributed by atoms with van der Waals surface area (Å²) in [6.45, 7) is 2.24. The van der Waals surface area contributed by atoms with E-state index in [4.69, 9.17) is 9.84 Å². The van der Waals surface area contributed by atoms with Crippen molar-refractivity contribution in [1.82, 2.24) is 0 Å². The molecule has 0 bridgehead atoms. The van der Waals surface area contributed by atoms with Crippen molar-refractivity contribution >= 4 is 5.97 Å². The van der Waals surface area contributed by atoms with E-state index in [9.17, 15) is 9.90 Å². The number of aliphatic hydroxyl groups is 1. The summed E-state index contributed by atoms with van der Waals surface area (Å²) in [4.78, 5) is 10.4. The fraction of sp³-hybridized carbons (Fsp3) is 0.833. The number of rotatable bonds is 14. The van der Waals surface area contributed by atoms with Crippen LogP contribution >= 0.6 is 0 Å². The number of hydrogen-bond acceptors (Lipinski definition) is 3. The van der Waals surface area contributed by atoms with E-state index in [2.05, 4.69) is 6.92 Å². The highest BCUT2D eigenvalue weighted by molar-refractivity contribution is 5.66. The zero-order valence-electron chi connectivity index (χ0n) is 13.9. The van der Waals surface area contributed by atoms with Gasteiger partial charge in [-0.3, -0.25) is 4.79 Å². The SMILES string of the molecule is CCCCCCCCCC1OC1/C=C/C(O)CCCC(=O)O. The molecular weight excluding hydrogens is 280 g/mol. The largest absolute Gasteiger partial charge is 0.481 e. The normalized spacial score (nSPS) is 22.1. The molecule has 2 N–H and O–H groups in total. The van der Waals surface area contributed by atoms with Crippen LogP contribution in [0.25, 0.3) is 0 Å². The second kappa shape index (κ2) is 11.7. The molecule has 0 radical (unpaired) electrons. The van der Waals surface area contributed by atoms with Crippen molar-refractivity contribution in [3.05, 3.63) is 12.2 Å². The Morgan fingerprint density at radius 3 is 2.50 bits per heavy atom. The van der Waals surface area contributed by atoms with Crippen LogP contribution in [0.3, 0.4) is 0 Å². The molecule has 0 aromatic carbocycles. The van der Waals surface area contributed by atoms with Crippen LogP contribution in [0.2, 0.25) is 0 Å². The molecule has 1 aliphatic rings. The van der Waals surface area contributed by atoms with Crippen LogP contribution in [0.15, 0.2) is 12.2 Å². The summed E-state index contributed by atoms with van der Waals surface area (Å²) >= 11 is 0. The fourth-order valence-corrected chi connectivity index (χ4v) is 2.66. The van der Waals surface area contributed by atoms with E-state index in [1.807, 2.05) is 6.08 Å². The van der Waals surface area contributed by atoms with Crippen LogP contribution in [-0.4, -0.2) is 34.5 Å². The van der Waals surface area contributed by atoms with Gasteiger partial charge in [-0.15, -0.1) is 0 Å². The summed E-state index contributed by atoms with van der Waals surface area (Å²) in [6.07, 6.45) is 15.1. The van der Waals surface area contributed by atoms with Crippen LogP contribution in [0.5, 0.6) is 0 Å². The summed E-state index contributed by atoms with van der Waals surface area (Å²) < 4.78 is 5.56. The second-order valence-corrected chi connectivity index (χ2v) is 6.29. The zero-order chi connectivity index (χ0) is 16.2. The summed E-state index contributed by atoms with van der Waals surface area (Å²) in [5.41, 5.74) is 0. The zero-order valence-corrected chi connectivity index (χ0v) is 13.9. The Morgan fingerprint density at radius 1 is 1.14 bits per heavy atom. The lowest BCUT2D eigenvalue weighted by Gasteiger charge is -2.02. The highest BCUT2D eigenvalue weighted by Crippen LogP contribution is 2.29. The van der Waals surface area contributed by atoms with Gasteiger partial charge in [-0.25, -0.2) is 0 Å². The second-order valence-electron chi connectivity index (χ2n) is 6.29. The predicted octanol–water partition coefficient (Wildman–Crippen LogP) is 4.07. The van der Waals surface area contributed by atoms with Gasteiger partial charge >= 0.3 is 5.97 Å². The lowest BCUT2D eigenvalue weighted by Crippen LogP contribution is -2.04. The van der Waals surface area contributed by atoms with Gasteiger partial charge in [0.25, 0.3) is 0 Å². The van der Waals surface area contributed by atoms with Crippen LogP contribution in [0, 0.1) is 0 Å². The Kier molecular flexibility index (Phi) is 10.2. The first kappa shape index (κ1) is 19.2.